The molecule has 110 valence electrons. The summed E-state index contributed by atoms with van der Waals surface area (Å²) in [4.78, 5) is 18.2. The van der Waals surface area contributed by atoms with Gasteiger partial charge in [0.2, 0.25) is 0 Å². The minimum atomic E-state index is -0.425. The average Bonchev–Trinajstić information content (AvgIpc) is 2.97. The highest BCUT2D eigenvalue weighted by atomic mass is 16.5. The first-order valence-electron chi connectivity index (χ1n) is 6.86. The van der Waals surface area contributed by atoms with Crippen LogP contribution in [0.1, 0.15) is 30.1 Å². The van der Waals surface area contributed by atoms with Crippen molar-refractivity contribution in [2.45, 2.75) is 25.9 Å². The van der Waals surface area contributed by atoms with Crippen molar-refractivity contribution in [3.8, 4) is 0 Å². The highest BCUT2D eigenvalue weighted by Crippen LogP contribution is 2.23. The summed E-state index contributed by atoms with van der Waals surface area (Å²) in [5.41, 5.74) is 6.55. The normalized spacial score (nSPS) is 18.0. The molecule has 0 radical (unpaired) electrons. The summed E-state index contributed by atoms with van der Waals surface area (Å²) in [6, 6.07) is 1.60. The number of likely N-dealkylation sites (N-methyl/N-ethyl adjacent to an activating group) is 1. The minimum absolute atomic E-state index is 0.194. The Bertz CT molecular complexity index is 473. The first-order chi connectivity index (χ1) is 9.65. The summed E-state index contributed by atoms with van der Waals surface area (Å²) in [5.74, 6) is 0.176. The third-order valence-corrected chi connectivity index (χ3v) is 3.42. The molecule has 2 heterocycles. The van der Waals surface area contributed by atoms with Crippen LogP contribution < -0.4 is 10.6 Å². The Hall–Kier alpha value is -1.82. The molecule has 6 heteroatoms. The number of anilines is 2. The molecule has 1 aliphatic rings. The number of carbonyl (C=O) groups is 1. The van der Waals surface area contributed by atoms with Crippen LogP contribution in [0.2, 0.25) is 0 Å². The lowest BCUT2D eigenvalue weighted by molar-refractivity contribution is 0.0600. The molecule has 0 aliphatic carbocycles. The van der Waals surface area contributed by atoms with Crippen LogP contribution in [0.25, 0.3) is 0 Å². The van der Waals surface area contributed by atoms with Crippen LogP contribution in [-0.2, 0) is 9.47 Å². The SMILES string of the molecule is CCN(CC1CCCO1)c1ncc(N)cc1C(=O)OC. The van der Waals surface area contributed by atoms with E-state index in [1.165, 1.54) is 7.11 Å². The average molecular weight is 279 g/mol. The molecule has 1 fully saturated rings. The zero-order valence-corrected chi connectivity index (χ0v) is 12.0. The molecule has 20 heavy (non-hydrogen) atoms. The predicted octanol–water partition coefficient (Wildman–Crippen LogP) is 1.46. The third kappa shape index (κ3) is 3.19. The van der Waals surface area contributed by atoms with Crippen molar-refractivity contribution >= 4 is 17.5 Å². The first kappa shape index (κ1) is 14.6. The Labute approximate surface area is 118 Å². The monoisotopic (exact) mass is 279 g/mol. The zero-order chi connectivity index (χ0) is 14.5. The molecule has 1 aromatic heterocycles. The molecule has 0 spiro atoms. The van der Waals surface area contributed by atoms with Gasteiger partial charge in [0.15, 0.2) is 0 Å². The van der Waals surface area contributed by atoms with Crippen molar-refractivity contribution in [2.24, 2.45) is 0 Å². The van der Waals surface area contributed by atoms with Crippen LogP contribution in [0, 0.1) is 0 Å². The number of ether oxygens (including phenoxy) is 2. The Morgan fingerprint density at radius 3 is 3.05 bits per heavy atom. The molecule has 1 aromatic rings. The quantitative estimate of drug-likeness (QED) is 0.822. The highest BCUT2D eigenvalue weighted by molar-refractivity contribution is 5.95. The van der Waals surface area contributed by atoms with Gasteiger partial charge in [-0.15, -0.1) is 0 Å². The largest absolute Gasteiger partial charge is 0.465 e. The van der Waals surface area contributed by atoms with Gasteiger partial charge >= 0.3 is 5.97 Å². The smallest absolute Gasteiger partial charge is 0.341 e. The number of methoxy groups -OCH3 is 1. The summed E-state index contributed by atoms with van der Waals surface area (Å²) < 4.78 is 10.5. The van der Waals surface area contributed by atoms with Crippen molar-refractivity contribution in [3.63, 3.8) is 0 Å². The van der Waals surface area contributed by atoms with Gasteiger partial charge in [0.25, 0.3) is 0 Å². The van der Waals surface area contributed by atoms with Gasteiger partial charge in [-0.1, -0.05) is 0 Å². The number of aromatic nitrogens is 1. The van der Waals surface area contributed by atoms with E-state index in [-0.39, 0.29) is 6.10 Å². The molecule has 0 bridgehead atoms. The van der Waals surface area contributed by atoms with Gasteiger partial charge in [0.05, 0.1) is 25.1 Å². The summed E-state index contributed by atoms with van der Waals surface area (Å²) >= 11 is 0. The molecule has 1 unspecified atom stereocenters. The van der Waals surface area contributed by atoms with Gasteiger partial charge in [-0.25, -0.2) is 9.78 Å². The highest BCUT2D eigenvalue weighted by Gasteiger charge is 2.23. The maximum Gasteiger partial charge on any atom is 0.341 e. The molecule has 0 aromatic carbocycles. The van der Waals surface area contributed by atoms with E-state index in [0.717, 1.165) is 32.5 Å². The van der Waals surface area contributed by atoms with Crippen molar-refractivity contribution < 1.29 is 14.3 Å². The number of esters is 1. The van der Waals surface area contributed by atoms with E-state index in [0.29, 0.717) is 17.1 Å². The van der Waals surface area contributed by atoms with Crippen LogP contribution in [-0.4, -0.2) is 43.9 Å². The summed E-state index contributed by atoms with van der Waals surface area (Å²) in [5, 5.41) is 0. The van der Waals surface area contributed by atoms with Crippen molar-refractivity contribution in [3.05, 3.63) is 17.8 Å². The number of rotatable bonds is 5. The molecule has 2 N–H and O–H groups in total. The lowest BCUT2D eigenvalue weighted by Gasteiger charge is -2.26. The number of hydrogen-bond donors (Lipinski definition) is 1. The van der Waals surface area contributed by atoms with Crippen molar-refractivity contribution in [1.82, 2.24) is 4.98 Å². The van der Waals surface area contributed by atoms with E-state index in [9.17, 15) is 4.79 Å². The molecule has 6 nitrogen and oxygen atoms in total. The van der Waals surface area contributed by atoms with Crippen LogP contribution in [0.3, 0.4) is 0 Å². The summed E-state index contributed by atoms with van der Waals surface area (Å²) in [7, 11) is 1.35. The standard InChI is InChI=1S/C14H21N3O3/c1-3-17(9-11-5-4-6-20-11)13-12(14(18)19-2)7-10(15)8-16-13/h7-8,11H,3-6,9,15H2,1-2H3. The van der Waals surface area contributed by atoms with Gasteiger partial charge in [0, 0.05) is 19.7 Å². The van der Waals surface area contributed by atoms with E-state index in [4.69, 9.17) is 15.2 Å². The molecule has 0 saturated carbocycles. The lowest BCUT2D eigenvalue weighted by atomic mass is 10.2. The number of pyridine rings is 1. The molecule has 2 rings (SSSR count). The van der Waals surface area contributed by atoms with E-state index in [2.05, 4.69) is 4.98 Å². The third-order valence-electron chi connectivity index (χ3n) is 3.42. The summed E-state index contributed by atoms with van der Waals surface area (Å²) in [6.07, 6.45) is 3.88. The van der Waals surface area contributed by atoms with E-state index >= 15 is 0 Å². The maximum atomic E-state index is 11.9. The van der Waals surface area contributed by atoms with Gasteiger partial charge in [-0.3, -0.25) is 0 Å². The van der Waals surface area contributed by atoms with E-state index < -0.39 is 5.97 Å². The van der Waals surface area contributed by atoms with Gasteiger partial charge < -0.3 is 20.1 Å². The number of nitrogen functional groups attached to an aromatic ring is 1. The Morgan fingerprint density at radius 2 is 2.45 bits per heavy atom. The second-order valence-electron chi connectivity index (χ2n) is 4.81. The molecular weight excluding hydrogens is 258 g/mol. The first-order valence-corrected chi connectivity index (χ1v) is 6.86. The molecular formula is C14H21N3O3. The molecule has 1 aliphatic heterocycles. The Balaban J connectivity index is 2.25. The van der Waals surface area contributed by atoms with Crippen molar-refractivity contribution in [1.29, 1.82) is 0 Å². The topological polar surface area (TPSA) is 77.7 Å². The zero-order valence-electron chi connectivity index (χ0n) is 12.0. The number of nitrogens with two attached hydrogens (primary N) is 1. The lowest BCUT2D eigenvalue weighted by Crippen LogP contribution is -2.34. The van der Waals surface area contributed by atoms with Crippen LogP contribution in [0.4, 0.5) is 11.5 Å². The number of nitrogens with zero attached hydrogens (tertiary/aromatic N) is 2. The van der Waals surface area contributed by atoms with Gasteiger partial charge in [-0.2, -0.15) is 0 Å². The van der Waals surface area contributed by atoms with Crippen molar-refractivity contribution in [2.75, 3.05) is 37.4 Å². The van der Waals surface area contributed by atoms with E-state index in [1.54, 1.807) is 12.3 Å². The van der Waals surface area contributed by atoms with E-state index in [1.807, 2.05) is 11.8 Å². The number of hydrogen-bond acceptors (Lipinski definition) is 6. The van der Waals surface area contributed by atoms with Crippen LogP contribution in [0.5, 0.6) is 0 Å². The maximum absolute atomic E-state index is 11.9. The van der Waals surface area contributed by atoms with Gasteiger partial charge in [0.1, 0.15) is 11.4 Å². The molecule has 0 amide bonds. The van der Waals surface area contributed by atoms with Crippen LogP contribution >= 0.6 is 0 Å². The summed E-state index contributed by atoms with van der Waals surface area (Å²) in [6.45, 7) is 4.29. The minimum Gasteiger partial charge on any atom is -0.465 e. The fraction of sp³-hybridized carbons (Fsp3) is 0.571. The molecule has 1 atom stereocenters. The fourth-order valence-electron chi connectivity index (χ4n) is 2.39. The predicted molar refractivity (Wildman–Crippen MR) is 76.8 cm³/mol. The fourth-order valence-corrected chi connectivity index (χ4v) is 2.39. The Kier molecular flexibility index (Phi) is 4.79. The second-order valence-corrected chi connectivity index (χ2v) is 4.81. The second kappa shape index (κ2) is 6.56. The Morgan fingerprint density at radius 1 is 1.65 bits per heavy atom. The van der Waals surface area contributed by atoms with Crippen LogP contribution in [0.15, 0.2) is 12.3 Å². The molecule has 1 saturated heterocycles. The van der Waals surface area contributed by atoms with Gasteiger partial charge in [-0.05, 0) is 25.8 Å². The number of carbonyl (C=O) groups excluding carboxylic acids is 1.